The molecule has 0 aliphatic rings. The Morgan fingerprint density at radius 3 is 1.85 bits per heavy atom. The van der Waals surface area contributed by atoms with Gasteiger partial charge in [0.1, 0.15) is 6.10 Å². The van der Waals surface area contributed by atoms with Gasteiger partial charge in [0.25, 0.3) is 0 Å². The smallest absolute Gasteiger partial charge is 0.306 e. The van der Waals surface area contributed by atoms with Gasteiger partial charge in [-0.15, -0.1) is 0 Å². The maximum atomic E-state index is 11.5. The number of hydrogen-bond acceptors (Lipinski definition) is 4. The average Bonchev–Trinajstić information content (AvgIpc) is 2.68. The molecule has 0 spiro atoms. The lowest BCUT2D eigenvalue weighted by Crippen LogP contribution is -2.25. The molecule has 0 bridgehead atoms. The van der Waals surface area contributed by atoms with Crippen molar-refractivity contribution in [3.05, 3.63) is 36.5 Å². The van der Waals surface area contributed by atoms with Crippen LogP contribution >= 0.6 is 0 Å². The quantitative estimate of drug-likeness (QED) is 0.193. The highest BCUT2D eigenvalue weighted by molar-refractivity contribution is 5.69. The number of carbonyl (C=O) groups excluding carboxylic acids is 1. The molecule has 2 N–H and O–H groups in total. The minimum atomic E-state index is -0.779. The predicted octanol–water partition coefficient (Wildman–Crippen LogP) is 5.25. The van der Waals surface area contributed by atoms with E-state index in [0.29, 0.717) is 6.42 Å². The molecule has 0 saturated heterocycles. The normalized spacial score (nSPS) is 12.1. The number of rotatable bonds is 18. The molecule has 0 aromatic rings. The minimum absolute atomic E-state index is 0.334. The second-order valence-electron chi connectivity index (χ2n) is 6.81. The molecule has 4 heteroatoms. The van der Waals surface area contributed by atoms with Crippen LogP contribution in [-0.2, 0) is 9.53 Å². The van der Waals surface area contributed by atoms with Gasteiger partial charge in [-0.1, -0.05) is 69.1 Å². The summed E-state index contributed by atoms with van der Waals surface area (Å²) >= 11 is 0. The number of hydrogen-bond donors (Lipinski definition) is 2. The summed E-state index contributed by atoms with van der Waals surface area (Å²) in [6, 6.07) is 0. The van der Waals surface area contributed by atoms with Crippen LogP contribution in [0.1, 0.15) is 84.0 Å². The van der Waals surface area contributed by atoms with Gasteiger partial charge >= 0.3 is 5.97 Å². The van der Waals surface area contributed by atoms with Crippen molar-refractivity contribution in [2.24, 2.45) is 0 Å². The predicted molar refractivity (Wildman–Crippen MR) is 113 cm³/mol. The van der Waals surface area contributed by atoms with E-state index in [9.17, 15) is 4.79 Å². The summed E-state index contributed by atoms with van der Waals surface area (Å²) < 4.78 is 4.92. The summed E-state index contributed by atoms with van der Waals surface area (Å²) in [5.41, 5.74) is 0. The highest BCUT2D eigenvalue weighted by atomic mass is 16.6. The molecule has 0 saturated carbocycles. The van der Waals surface area contributed by atoms with E-state index in [4.69, 9.17) is 14.9 Å². The Labute approximate surface area is 166 Å². The van der Waals surface area contributed by atoms with Crippen LogP contribution < -0.4 is 0 Å². The standard InChI is InChI=1S/C23H40O4/c1-2-3-4-5-6-7-8-9-10-11-12-13-14-15-16-17-18-19-23(26)27-22(20-24)21-25/h6-7,9-10,12-13,22,24-25H,2-5,8,11,14-21H2,1H3/b7-6-,10-9-,13-12-. The van der Waals surface area contributed by atoms with Gasteiger partial charge in [0.05, 0.1) is 13.2 Å². The molecule has 0 aliphatic carbocycles. The lowest BCUT2D eigenvalue weighted by molar-refractivity contribution is -0.153. The van der Waals surface area contributed by atoms with Crippen molar-refractivity contribution < 1.29 is 19.7 Å². The minimum Gasteiger partial charge on any atom is -0.457 e. The van der Waals surface area contributed by atoms with Crippen LogP contribution in [0, 0.1) is 0 Å². The third-order valence-corrected chi connectivity index (χ3v) is 4.23. The van der Waals surface area contributed by atoms with Crippen molar-refractivity contribution >= 4 is 5.97 Å². The average molecular weight is 381 g/mol. The van der Waals surface area contributed by atoms with E-state index in [0.717, 1.165) is 44.9 Å². The van der Waals surface area contributed by atoms with Gasteiger partial charge in [-0.3, -0.25) is 4.79 Å². The van der Waals surface area contributed by atoms with Crippen molar-refractivity contribution in [2.45, 2.75) is 90.1 Å². The zero-order valence-electron chi connectivity index (χ0n) is 17.2. The molecular formula is C23H40O4. The van der Waals surface area contributed by atoms with E-state index in [1.165, 1.54) is 25.7 Å². The third kappa shape index (κ3) is 19.2. The van der Waals surface area contributed by atoms with Crippen molar-refractivity contribution in [3.63, 3.8) is 0 Å². The molecule has 0 aromatic carbocycles. The number of allylic oxidation sites excluding steroid dienone is 6. The van der Waals surface area contributed by atoms with E-state index < -0.39 is 6.10 Å². The summed E-state index contributed by atoms with van der Waals surface area (Å²) in [6.45, 7) is 1.56. The van der Waals surface area contributed by atoms with Gasteiger partial charge in [-0.05, 0) is 44.9 Å². The van der Waals surface area contributed by atoms with Crippen LogP contribution in [0.2, 0.25) is 0 Å². The summed E-state index contributed by atoms with van der Waals surface area (Å²) in [7, 11) is 0. The first-order chi connectivity index (χ1) is 13.2. The van der Waals surface area contributed by atoms with E-state index in [1.807, 2.05) is 0 Å². The number of aliphatic hydroxyl groups is 2. The van der Waals surface area contributed by atoms with Gasteiger partial charge in [0.2, 0.25) is 0 Å². The van der Waals surface area contributed by atoms with Crippen LogP contribution in [-0.4, -0.2) is 35.5 Å². The monoisotopic (exact) mass is 380 g/mol. The van der Waals surface area contributed by atoms with E-state index in [2.05, 4.69) is 43.4 Å². The lowest BCUT2D eigenvalue weighted by atomic mass is 10.1. The topological polar surface area (TPSA) is 66.8 Å². The number of unbranched alkanes of at least 4 members (excludes halogenated alkanes) is 7. The van der Waals surface area contributed by atoms with Gasteiger partial charge in [0.15, 0.2) is 0 Å². The van der Waals surface area contributed by atoms with Gasteiger partial charge in [-0.25, -0.2) is 0 Å². The molecule has 0 heterocycles. The summed E-state index contributed by atoms with van der Waals surface area (Å²) in [4.78, 5) is 11.5. The SMILES string of the molecule is CCCCC/C=C\C/C=C\C/C=C\CCCCCCC(=O)OC(CO)CO. The number of ether oxygens (including phenoxy) is 1. The molecule has 0 rings (SSSR count). The Morgan fingerprint density at radius 2 is 1.30 bits per heavy atom. The molecule has 0 atom stereocenters. The fourth-order valence-corrected chi connectivity index (χ4v) is 2.55. The second-order valence-corrected chi connectivity index (χ2v) is 6.81. The fourth-order valence-electron chi connectivity index (χ4n) is 2.55. The first kappa shape index (κ1) is 25.6. The fraction of sp³-hybridized carbons (Fsp3) is 0.696. The largest absolute Gasteiger partial charge is 0.457 e. The van der Waals surface area contributed by atoms with Gasteiger partial charge in [-0.2, -0.15) is 0 Å². The second kappa shape index (κ2) is 20.9. The Hall–Kier alpha value is -1.39. The number of carbonyl (C=O) groups is 1. The summed E-state index contributed by atoms with van der Waals surface area (Å²) in [5.74, 6) is -0.342. The molecular weight excluding hydrogens is 340 g/mol. The van der Waals surface area contributed by atoms with Crippen LogP contribution in [0.3, 0.4) is 0 Å². The zero-order valence-corrected chi connectivity index (χ0v) is 17.2. The zero-order chi connectivity index (χ0) is 20.0. The van der Waals surface area contributed by atoms with Crippen LogP contribution in [0.5, 0.6) is 0 Å². The highest BCUT2D eigenvalue weighted by Crippen LogP contribution is 2.08. The third-order valence-electron chi connectivity index (χ3n) is 4.23. The number of esters is 1. The Morgan fingerprint density at radius 1 is 0.778 bits per heavy atom. The van der Waals surface area contributed by atoms with Crippen molar-refractivity contribution in [2.75, 3.05) is 13.2 Å². The van der Waals surface area contributed by atoms with Gasteiger partial charge in [0, 0.05) is 6.42 Å². The Balaban J connectivity index is 3.42. The van der Waals surface area contributed by atoms with Crippen molar-refractivity contribution in [1.82, 2.24) is 0 Å². The van der Waals surface area contributed by atoms with Gasteiger partial charge < -0.3 is 14.9 Å². The molecule has 0 amide bonds. The van der Waals surface area contributed by atoms with E-state index in [-0.39, 0.29) is 19.2 Å². The number of aliphatic hydroxyl groups excluding tert-OH is 2. The lowest BCUT2D eigenvalue weighted by Gasteiger charge is -2.12. The molecule has 156 valence electrons. The van der Waals surface area contributed by atoms with E-state index in [1.54, 1.807) is 0 Å². The molecule has 27 heavy (non-hydrogen) atoms. The first-order valence-electron chi connectivity index (χ1n) is 10.6. The molecule has 0 aromatic heterocycles. The Bertz CT molecular complexity index is 409. The molecule has 0 fully saturated rings. The van der Waals surface area contributed by atoms with Crippen LogP contribution in [0.25, 0.3) is 0 Å². The Kier molecular flexibility index (Phi) is 19.8. The summed E-state index contributed by atoms with van der Waals surface area (Å²) in [6.07, 6.45) is 25.2. The maximum absolute atomic E-state index is 11.5. The molecule has 0 radical (unpaired) electrons. The van der Waals surface area contributed by atoms with E-state index >= 15 is 0 Å². The first-order valence-corrected chi connectivity index (χ1v) is 10.6. The highest BCUT2D eigenvalue weighted by Gasteiger charge is 2.11. The van der Waals surface area contributed by atoms with Crippen molar-refractivity contribution in [1.29, 1.82) is 0 Å². The molecule has 0 aliphatic heterocycles. The molecule has 4 nitrogen and oxygen atoms in total. The van der Waals surface area contributed by atoms with Crippen LogP contribution in [0.15, 0.2) is 36.5 Å². The summed E-state index contributed by atoms with van der Waals surface area (Å²) in [5, 5.41) is 17.7. The maximum Gasteiger partial charge on any atom is 0.306 e. The van der Waals surface area contributed by atoms with Crippen molar-refractivity contribution in [3.8, 4) is 0 Å². The molecule has 0 unspecified atom stereocenters. The van der Waals surface area contributed by atoms with Crippen LogP contribution in [0.4, 0.5) is 0 Å².